The number of aromatic hydroxyl groups is 1. The molecule has 1 aromatic heterocycles. The Morgan fingerprint density at radius 1 is 1.28 bits per heavy atom. The Hall–Kier alpha value is -3.75. The summed E-state index contributed by atoms with van der Waals surface area (Å²) >= 11 is 0. The second-order valence-electron chi connectivity index (χ2n) is 7.69. The second kappa shape index (κ2) is 9.17. The SMILES string of the molecule is CCC(=O)Nc1ccc(O)c(C(=O)N2CCCC(c3nc(-c4cccc(F)c4)no3)C2)c1. The zero-order valence-corrected chi connectivity index (χ0v) is 17.5. The van der Waals surface area contributed by atoms with Gasteiger partial charge < -0.3 is 19.8 Å². The number of benzene rings is 2. The Morgan fingerprint density at radius 3 is 2.91 bits per heavy atom. The van der Waals surface area contributed by atoms with Crippen LogP contribution < -0.4 is 5.32 Å². The highest BCUT2D eigenvalue weighted by molar-refractivity contribution is 5.99. The fraction of sp³-hybridized carbons (Fsp3) is 0.304. The molecule has 8 nitrogen and oxygen atoms in total. The quantitative estimate of drug-likeness (QED) is 0.584. The maximum Gasteiger partial charge on any atom is 0.257 e. The number of anilines is 1. The fourth-order valence-electron chi connectivity index (χ4n) is 3.71. The number of carbonyl (C=O) groups is 2. The molecule has 1 saturated heterocycles. The van der Waals surface area contributed by atoms with E-state index in [1.807, 2.05) is 0 Å². The lowest BCUT2D eigenvalue weighted by Gasteiger charge is -2.31. The summed E-state index contributed by atoms with van der Waals surface area (Å²) in [4.78, 5) is 30.8. The number of phenolic OH excluding ortho intramolecular Hbond substituents is 1. The minimum atomic E-state index is -0.388. The summed E-state index contributed by atoms with van der Waals surface area (Å²) in [5.74, 6) is -0.567. The van der Waals surface area contributed by atoms with E-state index < -0.39 is 0 Å². The maximum absolute atomic E-state index is 13.5. The largest absolute Gasteiger partial charge is 0.507 e. The molecule has 166 valence electrons. The maximum atomic E-state index is 13.5. The standard InChI is InChI=1S/C23H23FN4O4/c1-2-20(30)25-17-8-9-19(29)18(12-17)23(31)28-10-4-6-15(13-28)22-26-21(27-32-22)14-5-3-7-16(24)11-14/h3,5,7-9,11-12,15,29H,2,4,6,10,13H2,1H3,(H,25,30). The summed E-state index contributed by atoms with van der Waals surface area (Å²) in [5.41, 5.74) is 1.08. The van der Waals surface area contributed by atoms with Crippen molar-refractivity contribution in [2.45, 2.75) is 32.1 Å². The van der Waals surface area contributed by atoms with Crippen molar-refractivity contribution in [3.8, 4) is 17.1 Å². The normalized spacial score (nSPS) is 16.1. The number of halogens is 1. The number of amides is 2. The summed E-state index contributed by atoms with van der Waals surface area (Å²) in [7, 11) is 0. The van der Waals surface area contributed by atoms with Crippen molar-refractivity contribution in [1.29, 1.82) is 0 Å². The number of rotatable bonds is 5. The molecule has 0 radical (unpaired) electrons. The Kier molecular flexibility index (Phi) is 6.16. The van der Waals surface area contributed by atoms with E-state index in [4.69, 9.17) is 4.52 Å². The highest BCUT2D eigenvalue weighted by atomic mass is 19.1. The molecular formula is C23H23FN4O4. The van der Waals surface area contributed by atoms with Crippen LogP contribution in [0.5, 0.6) is 5.75 Å². The van der Waals surface area contributed by atoms with Crippen molar-refractivity contribution in [2.24, 2.45) is 0 Å². The van der Waals surface area contributed by atoms with E-state index in [-0.39, 0.29) is 34.9 Å². The third-order valence-electron chi connectivity index (χ3n) is 5.41. The minimum Gasteiger partial charge on any atom is -0.507 e. The highest BCUT2D eigenvalue weighted by Gasteiger charge is 2.30. The van der Waals surface area contributed by atoms with Gasteiger partial charge in [-0.25, -0.2) is 4.39 Å². The molecule has 9 heteroatoms. The Morgan fingerprint density at radius 2 is 2.12 bits per heavy atom. The molecule has 2 amide bonds. The van der Waals surface area contributed by atoms with Gasteiger partial charge >= 0.3 is 0 Å². The predicted molar refractivity (Wildman–Crippen MR) is 115 cm³/mol. The number of likely N-dealkylation sites (tertiary alicyclic amines) is 1. The molecule has 1 unspecified atom stereocenters. The van der Waals surface area contributed by atoms with E-state index in [1.165, 1.54) is 24.3 Å². The number of nitrogens with zero attached hydrogens (tertiary/aromatic N) is 3. The van der Waals surface area contributed by atoms with Crippen molar-refractivity contribution < 1.29 is 23.6 Å². The molecule has 2 N–H and O–H groups in total. The van der Waals surface area contributed by atoms with Crippen LogP contribution in [0.3, 0.4) is 0 Å². The Bertz CT molecular complexity index is 1150. The van der Waals surface area contributed by atoms with Crippen molar-refractivity contribution in [1.82, 2.24) is 15.0 Å². The lowest BCUT2D eigenvalue weighted by atomic mass is 9.97. The van der Waals surface area contributed by atoms with E-state index in [9.17, 15) is 19.1 Å². The third kappa shape index (κ3) is 4.61. The van der Waals surface area contributed by atoms with Crippen LogP contribution in [-0.2, 0) is 4.79 Å². The van der Waals surface area contributed by atoms with Crippen LogP contribution in [0, 0.1) is 5.82 Å². The molecule has 1 aliphatic rings. The number of nitrogens with one attached hydrogen (secondary N) is 1. The first-order chi connectivity index (χ1) is 15.4. The average Bonchev–Trinajstić information content (AvgIpc) is 3.30. The summed E-state index contributed by atoms with van der Waals surface area (Å²) in [6.45, 7) is 2.59. The molecule has 0 spiro atoms. The monoisotopic (exact) mass is 438 g/mol. The molecule has 0 saturated carbocycles. The van der Waals surface area contributed by atoms with E-state index in [0.717, 1.165) is 12.8 Å². The fourth-order valence-corrected chi connectivity index (χ4v) is 3.71. The lowest BCUT2D eigenvalue weighted by Crippen LogP contribution is -2.39. The van der Waals surface area contributed by atoms with Gasteiger partial charge in [-0.3, -0.25) is 9.59 Å². The molecule has 4 rings (SSSR count). The first-order valence-corrected chi connectivity index (χ1v) is 10.5. The van der Waals surface area contributed by atoms with E-state index >= 15 is 0 Å². The van der Waals surface area contributed by atoms with Gasteiger partial charge in [0, 0.05) is 30.8 Å². The predicted octanol–water partition coefficient (Wildman–Crippen LogP) is 3.95. The number of piperidine rings is 1. The molecule has 32 heavy (non-hydrogen) atoms. The first kappa shape index (κ1) is 21.5. The Labute approximate surface area is 184 Å². The first-order valence-electron chi connectivity index (χ1n) is 10.5. The number of phenols is 1. The number of hydrogen-bond donors (Lipinski definition) is 2. The van der Waals surface area contributed by atoms with E-state index in [1.54, 1.807) is 30.0 Å². The average molecular weight is 438 g/mol. The molecule has 1 atom stereocenters. The van der Waals surface area contributed by atoms with Crippen LogP contribution in [0.1, 0.15) is 48.4 Å². The van der Waals surface area contributed by atoms with E-state index in [0.29, 0.717) is 42.5 Å². The zero-order valence-electron chi connectivity index (χ0n) is 17.5. The van der Waals surface area contributed by atoms with Crippen molar-refractivity contribution in [3.05, 3.63) is 59.7 Å². The topological polar surface area (TPSA) is 109 Å². The van der Waals surface area contributed by atoms with Gasteiger partial charge in [-0.1, -0.05) is 24.2 Å². The van der Waals surface area contributed by atoms with Crippen molar-refractivity contribution >= 4 is 17.5 Å². The number of hydrogen-bond acceptors (Lipinski definition) is 6. The molecule has 1 fully saturated rings. The Balaban J connectivity index is 1.50. The van der Waals surface area contributed by atoms with Crippen LogP contribution in [0.15, 0.2) is 47.0 Å². The molecule has 0 aliphatic carbocycles. The molecule has 2 aromatic carbocycles. The smallest absolute Gasteiger partial charge is 0.257 e. The van der Waals surface area contributed by atoms with Gasteiger partial charge in [0.25, 0.3) is 5.91 Å². The van der Waals surface area contributed by atoms with Crippen LogP contribution in [-0.4, -0.2) is 45.1 Å². The van der Waals surface area contributed by atoms with Gasteiger partial charge in [0.15, 0.2) is 0 Å². The lowest BCUT2D eigenvalue weighted by molar-refractivity contribution is -0.115. The molecule has 2 heterocycles. The molecule has 0 bridgehead atoms. The summed E-state index contributed by atoms with van der Waals surface area (Å²) < 4.78 is 18.9. The van der Waals surface area contributed by atoms with Crippen LogP contribution in [0.2, 0.25) is 0 Å². The van der Waals surface area contributed by atoms with Crippen LogP contribution in [0.25, 0.3) is 11.4 Å². The molecule has 1 aliphatic heterocycles. The van der Waals surface area contributed by atoms with Gasteiger partial charge in [-0.05, 0) is 43.2 Å². The summed E-state index contributed by atoms with van der Waals surface area (Å²) in [5, 5.41) is 16.9. The van der Waals surface area contributed by atoms with Gasteiger partial charge in [0.1, 0.15) is 11.6 Å². The summed E-state index contributed by atoms with van der Waals surface area (Å²) in [6.07, 6.45) is 1.79. The summed E-state index contributed by atoms with van der Waals surface area (Å²) in [6, 6.07) is 10.4. The number of carbonyl (C=O) groups excluding carboxylic acids is 2. The van der Waals surface area contributed by atoms with Gasteiger partial charge in [0.05, 0.1) is 11.5 Å². The highest BCUT2D eigenvalue weighted by Crippen LogP contribution is 2.30. The molecular weight excluding hydrogens is 415 g/mol. The van der Waals surface area contributed by atoms with Crippen molar-refractivity contribution in [2.75, 3.05) is 18.4 Å². The zero-order chi connectivity index (χ0) is 22.7. The minimum absolute atomic E-state index is 0.116. The van der Waals surface area contributed by atoms with Crippen LogP contribution >= 0.6 is 0 Å². The van der Waals surface area contributed by atoms with Crippen molar-refractivity contribution in [3.63, 3.8) is 0 Å². The van der Waals surface area contributed by atoms with Gasteiger partial charge in [-0.15, -0.1) is 0 Å². The van der Waals surface area contributed by atoms with Gasteiger partial charge in [0.2, 0.25) is 17.6 Å². The third-order valence-corrected chi connectivity index (χ3v) is 5.41. The second-order valence-corrected chi connectivity index (χ2v) is 7.69. The van der Waals surface area contributed by atoms with Gasteiger partial charge in [-0.2, -0.15) is 4.98 Å². The van der Waals surface area contributed by atoms with Crippen LogP contribution in [0.4, 0.5) is 10.1 Å². The molecule has 3 aromatic rings. The van der Waals surface area contributed by atoms with E-state index in [2.05, 4.69) is 15.5 Å². The number of aromatic nitrogens is 2.